The molecule has 3 nitrogen and oxygen atoms in total. The predicted octanol–water partition coefficient (Wildman–Crippen LogP) is 1.26. The minimum atomic E-state index is 0.255. The smallest absolute Gasteiger partial charge is 0.119 e. The van der Waals surface area contributed by atoms with Crippen molar-refractivity contribution in [3.8, 4) is 5.75 Å². The molecule has 0 heterocycles. The fourth-order valence-electron chi connectivity index (χ4n) is 1.49. The van der Waals surface area contributed by atoms with Gasteiger partial charge in [-0.2, -0.15) is 0 Å². The van der Waals surface area contributed by atoms with Crippen LogP contribution < -0.4 is 10.5 Å². The molecule has 0 aliphatic heterocycles. The minimum absolute atomic E-state index is 0.255. The molecule has 0 saturated heterocycles. The molecule has 1 rings (SSSR count). The van der Waals surface area contributed by atoms with E-state index in [-0.39, 0.29) is 6.04 Å². The molecule has 14 heavy (non-hydrogen) atoms. The summed E-state index contributed by atoms with van der Waals surface area (Å²) in [4.78, 5) is 2.11. The normalized spacial score (nSPS) is 12.9. The van der Waals surface area contributed by atoms with E-state index in [4.69, 9.17) is 10.5 Å². The van der Waals surface area contributed by atoms with Crippen molar-refractivity contribution < 1.29 is 4.74 Å². The summed E-state index contributed by atoms with van der Waals surface area (Å²) in [5.74, 6) is 0.878. The molecule has 0 bridgehead atoms. The molecule has 0 unspecified atom stereocenters. The van der Waals surface area contributed by atoms with E-state index in [1.165, 1.54) is 5.56 Å². The quantitative estimate of drug-likeness (QED) is 0.784. The first kappa shape index (κ1) is 11.0. The van der Waals surface area contributed by atoms with Crippen LogP contribution in [-0.4, -0.2) is 32.6 Å². The maximum absolute atomic E-state index is 5.71. The number of methoxy groups -OCH3 is 1. The maximum atomic E-state index is 5.71. The molecule has 1 atom stereocenters. The van der Waals surface area contributed by atoms with Crippen LogP contribution in [0, 0.1) is 0 Å². The van der Waals surface area contributed by atoms with Gasteiger partial charge < -0.3 is 15.4 Å². The van der Waals surface area contributed by atoms with Crippen molar-refractivity contribution >= 4 is 0 Å². The van der Waals surface area contributed by atoms with Gasteiger partial charge in [0, 0.05) is 12.6 Å². The van der Waals surface area contributed by atoms with Gasteiger partial charge in [-0.05, 0) is 31.8 Å². The van der Waals surface area contributed by atoms with Crippen LogP contribution in [-0.2, 0) is 0 Å². The van der Waals surface area contributed by atoms with Crippen LogP contribution >= 0.6 is 0 Å². The molecule has 0 aliphatic rings. The SMILES string of the molecule is COc1cccc([C@H](CN)N(C)C)c1. The van der Waals surface area contributed by atoms with Crippen molar-refractivity contribution in [2.24, 2.45) is 5.73 Å². The highest BCUT2D eigenvalue weighted by Gasteiger charge is 2.11. The van der Waals surface area contributed by atoms with Crippen LogP contribution in [0.3, 0.4) is 0 Å². The number of hydrogen-bond acceptors (Lipinski definition) is 3. The average Bonchev–Trinajstić information content (AvgIpc) is 2.19. The summed E-state index contributed by atoms with van der Waals surface area (Å²) in [7, 11) is 5.72. The average molecular weight is 194 g/mol. The zero-order valence-electron chi connectivity index (χ0n) is 9.03. The number of hydrogen-bond donors (Lipinski definition) is 1. The number of likely N-dealkylation sites (N-methyl/N-ethyl adjacent to an activating group) is 1. The van der Waals surface area contributed by atoms with E-state index in [0.717, 1.165) is 5.75 Å². The van der Waals surface area contributed by atoms with Crippen LogP contribution in [0.25, 0.3) is 0 Å². The predicted molar refractivity (Wildman–Crippen MR) is 58.5 cm³/mol. The Kier molecular flexibility index (Phi) is 3.92. The highest BCUT2D eigenvalue weighted by molar-refractivity contribution is 5.30. The molecular weight excluding hydrogens is 176 g/mol. The van der Waals surface area contributed by atoms with E-state index >= 15 is 0 Å². The molecule has 2 N–H and O–H groups in total. The molecule has 0 amide bonds. The number of nitrogens with zero attached hydrogens (tertiary/aromatic N) is 1. The second-order valence-electron chi connectivity index (χ2n) is 3.49. The van der Waals surface area contributed by atoms with Gasteiger partial charge in [0.15, 0.2) is 0 Å². The topological polar surface area (TPSA) is 38.5 Å². The lowest BCUT2D eigenvalue weighted by Crippen LogP contribution is -2.27. The first-order valence-corrected chi connectivity index (χ1v) is 4.69. The Morgan fingerprint density at radius 3 is 2.64 bits per heavy atom. The lowest BCUT2D eigenvalue weighted by molar-refractivity contribution is 0.305. The molecule has 0 saturated carbocycles. The number of rotatable bonds is 4. The van der Waals surface area contributed by atoms with E-state index in [1.807, 2.05) is 32.3 Å². The van der Waals surface area contributed by atoms with Gasteiger partial charge in [-0.25, -0.2) is 0 Å². The minimum Gasteiger partial charge on any atom is -0.497 e. The van der Waals surface area contributed by atoms with Gasteiger partial charge in [-0.15, -0.1) is 0 Å². The van der Waals surface area contributed by atoms with Crippen LogP contribution in [0.1, 0.15) is 11.6 Å². The van der Waals surface area contributed by atoms with E-state index in [1.54, 1.807) is 7.11 Å². The van der Waals surface area contributed by atoms with E-state index in [2.05, 4.69) is 11.0 Å². The standard InChI is InChI=1S/C11H18N2O/c1-13(2)11(8-12)9-5-4-6-10(7-9)14-3/h4-7,11H,8,12H2,1-3H3/t11-/m0/s1. The second-order valence-corrected chi connectivity index (χ2v) is 3.49. The Balaban J connectivity index is 2.92. The molecule has 0 aliphatic carbocycles. The molecule has 1 aromatic carbocycles. The van der Waals surface area contributed by atoms with Gasteiger partial charge in [0.2, 0.25) is 0 Å². The van der Waals surface area contributed by atoms with Gasteiger partial charge in [-0.3, -0.25) is 0 Å². The molecule has 3 heteroatoms. The first-order valence-electron chi connectivity index (χ1n) is 4.69. The van der Waals surface area contributed by atoms with Gasteiger partial charge >= 0.3 is 0 Å². The lowest BCUT2D eigenvalue weighted by Gasteiger charge is -2.23. The van der Waals surface area contributed by atoms with Gasteiger partial charge in [0.05, 0.1) is 7.11 Å². The summed E-state index contributed by atoms with van der Waals surface area (Å²) in [5, 5.41) is 0. The van der Waals surface area contributed by atoms with Crippen molar-refractivity contribution in [1.82, 2.24) is 4.90 Å². The lowest BCUT2D eigenvalue weighted by atomic mass is 10.1. The second kappa shape index (κ2) is 4.98. The molecule has 0 radical (unpaired) electrons. The van der Waals surface area contributed by atoms with E-state index in [9.17, 15) is 0 Å². The third-order valence-corrected chi connectivity index (χ3v) is 2.33. The third kappa shape index (κ3) is 2.47. The molecule has 0 spiro atoms. The maximum Gasteiger partial charge on any atom is 0.119 e. The Labute approximate surface area is 85.5 Å². The fourth-order valence-corrected chi connectivity index (χ4v) is 1.49. The Hall–Kier alpha value is -1.06. The summed E-state index contributed by atoms with van der Waals surface area (Å²) in [6.07, 6.45) is 0. The number of benzene rings is 1. The molecule has 1 aromatic rings. The van der Waals surface area contributed by atoms with E-state index in [0.29, 0.717) is 6.54 Å². The highest BCUT2D eigenvalue weighted by atomic mass is 16.5. The molecule has 78 valence electrons. The van der Waals surface area contributed by atoms with Crippen molar-refractivity contribution in [3.05, 3.63) is 29.8 Å². The monoisotopic (exact) mass is 194 g/mol. The summed E-state index contributed by atoms with van der Waals surface area (Å²) >= 11 is 0. The van der Waals surface area contributed by atoms with Crippen molar-refractivity contribution in [2.45, 2.75) is 6.04 Å². The highest BCUT2D eigenvalue weighted by Crippen LogP contribution is 2.21. The van der Waals surface area contributed by atoms with Crippen molar-refractivity contribution in [2.75, 3.05) is 27.7 Å². The Morgan fingerprint density at radius 2 is 2.14 bits per heavy atom. The summed E-state index contributed by atoms with van der Waals surface area (Å²) < 4.78 is 5.17. The van der Waals surface area contributed by atoms with E-state index < -0.39 is 0 Å². The van der Waals surface area contributed by atoms with Crippen molar-refractivity contribution in [3.63, 3.8) is 0 Å². The van der Waals surface area contributed by atoms with Crippen LogP contribution in [0.2, 0.25) is 0 Å². The first-order chi connectivity index (χ1) is 6.69. The zero-order valence-corrected chi connectivity index (χ0v) is 9.03. The third-order valence-electron chi connectivity index (χ3n) is 2.33. The van der Waals surface area contributed by atoms with Gasteiger partial charge in [0.1, 0.15) is 5.75 Å². The van der Waals surface area contributed by atoms with Crippen LogP contribution in [0.15, 0.2) is 24.3 Å². The zero-order chi connectivity index (χ0) is 10.6. The van der Waals surface area contributed by atoms with Crippen LogP contribution in [0.5, 0.6) is 5.75 Å². The van der Waals surface area contributed by atoms with Gasteiger partial charge in [-0.1, -0.05) is 12.1 Å². The number of ether oxygens (including phenoxy) is 1. The Bertz CT molecular complexity index is 286. The fraction of sp³-hybridized carbons (Fsp3) is 0.455. The molecule has 0 fully saturated rings. The summed E-state index contributed by atoms with van der Waals surface area (Å²) in [5.41, 5.74) is 6.91. The molecular formula is C11H18N2O. The van der Waals surface area contributed by atoms with Crippen LogP contribution in [0.4, 0.5) is 0 Å². The summed E-state index contributed by atoms with van der Waals surface area (Å²) in [6.45, 7) is 0.611. The largest absolute Gasteiger partial charge is 0.497 e. The molecule has 0 aromatic heterocycles. The number of nitrogens with two attached hydrogens (primary N) is 1. The Morgan fingerprint density at radius 1 is 1.43 bits per heavy atom. The summed E-state index contributed by atoms with van der Waals surface area (Å²) in [6, 6.07) is 8.27. The van der Waals surface area contributed by atoms with Crippen molar-refractivity contribution in [1.29, 1.82) is 0 Å². The van der Waals surface area contributed by atoms with Gasteiger partial charge in [0.25, 0.3) is 0 Å².